The molecule has 0 saturated carbocycles. The molecule has 31 heavy (non-hydrogen) atoms. The lowest BCUT2D eigenvalue weighted by Gasteiger charge is -2.37. The maximum atomic E-state index is 13.7. The third-order valence-corrected chi connectivity index (χ3v) is 4.89. The van der Waals surface area contributed by atoms with Crippen LogP contribution in [-0.2, 0) is 16.1 Å². The lowest BCUT2D eigenvalue weighted by molar-refractivity contribution is -0.139. The maximum absolute atomic E-state index is 13.7. The number of pyridine rings is 1. The van der Waals surface area contributed by atoms with E-state index in [1.165, 1.54) is 0 Å². The van der Waals surface area contributed by atoms with Gasteiger partial charge in [-0.05, 0) is 19.4 Å². The van der Waals surface area contributed by atoms with Crippen LogP contribution in [0, 0.1) is 11.6 Å². The quantitative estimate of drug-likeness (QED) is 0.603. The van der Waals surface area contributed by atoms with E-state index in [2.05, 4.69) is 10.3 Å². The predicted molar refractivity (Wildman–Crippen MR) is 102 cm³/mol. The van der Waals surface area contributed by atoms with Gasteiger partial charge in [0.25, 0.3) is 11.8 Å². The largest absolute Gasteiger partial charge is 0.503 e. The molecule has 0 bridgehead atoms. The van der Waals surface area contributed by atoms with Gasteiger partial charge in [-0.25, -0.2) is 8.78 Å². The number of aromatic amines is 1. The molecular formula is C20H19F2N3O6. The van der Waals surface area contributed by atoms with Gasteiger partial charge in [0.1, 0.15) is 17.2 Å². The molecule has 1 aliphatic heterocycles. The number of halogens is 2. The van der Waals surface area contributed by atoms with Crippen LogP contribution < -0.4 is 10.7 Å². The minimum Gasteiger partial charge on any atom is -0.503 e. The Hall–Kier alpha value is -3.60. The second-order valence-electron chi connectivity index (χ2n) is 6.92. The molecule has 0 radical (unpaired) electrons. The second kappa shape index (κ2) is 9.04. The Morgan fingerprint density at radius 1 is 1.39 bits per heavy atom. The molecule has 2 amide bonds. The number of nitrogens with zero attached hydrogens (tertiary/aromatic N) is 1. The van der Waals surface area contributed by atoms with Crippen molar-refractivity contribution < 1.29 is 33.0 Å². The number of ether oxygens (including phenoxy) is 1. The number of carbonyl (C=O) groups is 3. The van der Waals surface area contributed by atoms with Crippen LogP contribution in [0.25, 0.3) is 0 Å². The Kier molecular flexibility index (Phi) is 6.44. The summed E-state index contributed by atoms with van der Waals surface area (Å²) in [4.78, 5) is 52.3. The van der Waals surface area contributed by atoms with Crippen LogP contribution in [0.2, 0.25) is 0 Å². The van der Waals surface area contributed by atoms with Crippen molar-refractivity contribution in [3.63, 3.8) is 0 Å². The zero-order chi connectivity index (χ0) is 22.7. The van der Waals surface area contributed by atoms with E-state index in [1.807, 2.05) is 0 Å². The van der Waals surface area contributed by atoms with Crippen LogP contribution in [0.5, 0.6) is 5.75 Å². The van der Waals surface area contributed by atoms with Crippen molar-refractivity contribution in [1.82, 2.24) is 15.2 Å². The van der Waals surface area contributed by atoms with Gasteiger partial charge in [0.2, 0.25) is 5.43 Å². The number of aromatic hydroxyl groups is 1. The topological polar surface area (TPSA) is 129 Å². The van der Waals surface area contributed by atoms with E-state index in [4.69, 9.17) is 4.74 Å². The summed E-state index contributed by atoms with van der Waals surface area (Å²) in [6, 6.07) is 2.41. The van der Waals surface area contributed by atoms with Crippen molar-refractivity contribution >= 4 is 18.1 Å². The first-order chi connectivity index (χ1) is 14.7. The van der Waals surface area contributed by atoms with Crippen LogP contribution in [-0.4, -0.2) is 52.0 Å². The molecule has 1 aliphatic rings. The molecule has 1 aromatic heterocycles. The van der Waals surface area contributed by atoms with Crippen LogP contribution in [0.3, 0.4) is 0 Å². The fourth-order valence-corrected chi connectivity index (χ4v) is 3.17. The highest BCUT2D eigenvalue weighted by molar-refractivity contribution is 5.99. The van der Waals surface area contributed by atoms with Gasteiger partial charge in [-0.15, -0.1) is 0 Å². The van der Waals surface area contributed by atoms with E-state index >= 15 is 0 Å². The van der Waals surface area contributed by atoms with Crippen molar-refractivity contribution in [2.75, 3.05) is 6.61 Å². The van der Waals surface area contributed by atoms with Gasteiger partial charge in [-0.1, -0.05) is 6.07 Å². The van der Waals surface area contributed by atoms with E-state index < -0.39 is 58.2 Å². The molecular weight excluding hydrogens is 416 g/mol. The Morgan fingerprint density at radius 3 is 2.81 bits per heavy atom. The number of H-pyrrole nitrogens is 1. The van der Waals surface area contributed by atoms with E-state index in [0.717, 1.165) is 23.2 Å². The van der Waals surface area contributed by atoms with Gasteiger partial charge in [-0.3, -0.25) is 19.2 Å². The molecule has 11 heteroatoms. The molecule has 3 N–H and O–H groups in total. The lowest BCUT2D eigenvalue weighted by atomic mass is 10.1. The fourth-order valence-electron chi connectivity index (χ4n) is 3.17. The molecule has 0 spiro atoms. The number of benzene rings is 1. The van der Waals surface area contributed by atoms with Crippen molar-refractivity contribution in [1.29, 1.82) is 0 Å². The SMILES string of the molecule is CC1CCOC(C=O)N1C(=O)c1[nH]cc(C(=O)NCc2ccc(F)cc2F)c(=O)c1O. The van der Waals surface area contributed by atoms with Crippen LogP contribution >= 0.6 is 0 Å². The zero-order valence-electron chi connectivity index (χ0n) is 16.4. The van der Waals surface area contributed by atoms with Gasteiger partial charge in [0.15, 0.2) is 24.0 Å². The molecule has 0 aliphatic carbocycles. The summed E-state index contributed by atoms with van der Waals surface area (Å²) in [5, 5.41) is 12.5. The first-order valence-corrected chi connectivity index (χ1v) is 9.31. The molecule has 164 valence electrons. The second-order valence-corrected chi connectivity index (χ2v) is 6.92. The number of hydrogen-bond donors (Lipinski definition) is 3. The molecule has 2 unspecified atom stereocenters. The summed E-state index contributed by atoms with van der Waals surface area (Å²) in [7, 11) is 0. The van der Waals surface area contributed by atoms with Crippen molar-refractivity contribution in [3.8, 4) is 5.75 Å². The summed E-state index contributed by atoms with van der Waals surface area (Å²) in [5.41, 5.74) is -2.17. The van der Waals surface area contributed by atoms with Crippen molar-refractivity contribution in [2.24, 2.45) is 0 Å². The van der Waals surface area contributed by atoms with Crippen molar-refractivity contribution in [3.05, 3.63) is 63.1 Å². The predicted octanol–water partition coefficient (Wildman–Crippen LogP) is 1.06. The minimum atomic E-state index is -1.17. The highest BCUT2D eigenvalue weighted by atomic mass is 19.1. The first kappa shape index (κ1) is 22.1. The summed E-state index contributed by atoms with van der Waals surface area (Å²) in [6.07, 6.45) is 0.630. The van der Waals surface area contributed by atoms with Crippen LogP contribution in [0.15, 0.2) is 29.2 Å². The fraction of sp³-hybridized carbons (Fsp3) is 0.300. The number of rotatable bonds is 5. The highest BCUT2D eigenvalue weighted by Gasteiger charge is 2.35. The monoisotopic (exact) mass is 435 g/mol. The molecule has 1 aromatic carbocycles. The van der Waals surface area contributed by atoms with E-state index in [9.17, 15) is 33.1 Å². The third-order valence-electron chi connectivity index (χ3n) is 4.89. The normalized spacial score (nSPS) is 18.5. The van der Waals surface area contributed by atoms with Gasteiger partial charge in [-0.2, -0.15) is 0 Å². The van der Waals surface area contributed by atoms with E-state index in [-0.39, 0.29) is 18.7 Å². The summed E-state index contributed by atoms with van der Waals surface area (Å²) in [5.74, 6) is -4.45. The molecule has 9 nitrogen and oxygen atoms in total. The molecule has 2 atom stereocenters. The maximum Gasteiger partial charge on any atom is 0.276 e. The molecule has 1 fully saturated rings. The Bertz CT molecular complexity index is 1090. The number of nitrogens with one attached hydrogen (secondary N) is 2. The average molecular weight is 435 g/mol. The van der Waals surface area contributed by atoms with Crippen LogP contribution in [0.1, 0.15) is 39.8 Å². The van der Waals surface area contributed by atoms with E-state index in [1.54, 1.807) is 6.92 Å². The van der Waals surface area contributed by atoms with Gasteiger partial charge in [0, 0.05) is 30.4 Å². The Labute approximate surface area is 174 Å². The highest BCUT2D eigenvalue weighted by Crippen LogP contribution is 2.21. The molecule has 1 saturated heterocycles. The van der Waals surface area contributed by atoms with Crippen molar-refractivity contribution in [2.45, 2.75) is 32.2 Å². The molecule has 3 rings (SSSR count). The van der Waals surface area contributed by atoms with Gasteiger partial charge >= 0.3 is 0 Å². The third kappa shape index (κ3) is 4.45. The minimum absolute atomic E-state index is 0.0128. The summed E-state index contributed by atoms with van der Waals surface area (Å²) in [6.45, 7) is 1.61. The number of aromatic nitrogens is 1. The zero-order valence-corrected chi connectivity index (χ0v) is 16.4. The number of aldehydes is 1. The standard InChI is InChI=1S/C20H19F2N3O6/c1-10-4-5-31-15(9-26)25(10)20(30)16-18(28)17(27)13(8-23-16)19(29)24-7-11-2-3-12(21)6-14(11)22/h2-3,6,8-10,15,28H,4-5,7H2,1H3,(H,23,27)(H,24,29). The number of amides is 2. The molecule has 2 aromatic rings. The number of carbonyl (C=O) groups excluding carboxylic acids is 3. The summed E-state index contributed by atoms with van der Waals surface area (Å²) >= 11 is 0. The molecule has 2 heterocycles. The van der Waals surface area contributed by atoms with Crippen LogP contribution in [0.4, 0.5) is 8.78 Å². The number of hydrogen-bond acceptors (Lipinski definition) is 6. The first-order valence-electron chi connectivity index (χ1n) is 9.31. The summed E-state index contributed by atoms with van der Waals surface area (Å²) < 4.78 is 31.9. The van der Waals surface area contributed by atoms with E-state index in [0.29, 0.717) is 18.8 Å². The van der Waals surface area contributed by atoms with Gasteiger partial charge in [0.05, 0.1) is 6.61 Å². The lowest BCUT2D eigenvalue weighted by Crippen LogP contribution is -2.52. The average Bonchev–Trinajstić information content (AvgIpc) is 2.74. The smallest absolute Gasteiger partial charge is 0.276 e. The van der Waals surface area contributed by atoms with Gasteiger partial charge < -0.3 is 25.0 Å². The Balaban J connectivity index is 1.81. The Morgan fingerprint density at radius 2 is 2.13 bits per heavy atom.